The molecule has 0 radical (unpaired) electrons. The molecular formula is C20H13NO. The van der Waals surface area contributed by atoms with E-state index < -0.39 is 0 Å². The Labute approximate surface area is 127 Å². The average molecular weight is 283 g/mol. The predicted octanol–water partition coefficient (Wildman–Crippen LogP) is 4.70. The van der Waals surface area contributed by atoms with Crippen LogP contribution in [0.15, 0.2) is 54.6 Å². The Morgan fingerprint density at radius 2 is 1.73 bits per heavy atom. The van der Waals surface area contributed by atoms with E-state index in [2.05, 4.69) is 41.4 Å². The Morgan fingerprint density at radius 1 is 0.909 bits per heavy atom. The van der Waals surface area contributed by atoms with Gasteiger partial charge in [-0.15, -0.1) is 0 Å². The fourth-order valence-electron chi connectivity index (χ4n) is 3.77. The minimum atomic E-state index is 0.786. The normalized spacial score (nSPS) is 12.5. The summed E-state index contributed by atoms with van der Waals surface area (Å²) in [5, 5.41) is 2.32. The summed E-state index contributed by atoms with van der Waals surface area (Å²) >= 11 is 0. The highest BCUT2D eigenvalue weighted by atomic mass is 16.1. The largest absolute Gasteiger partial charge is 0.354 e. The molecule has 22 heavy (non-hydrogen) atoms. The number of hydrogen-bond acceptors (Lipinski definition) is 1. The second-order valence-electron chi connectivity index (χ2n) is 5.87. The van der Waals surface area contributed by atoms with Gasteiger partial charge < -0.3 is 4.98 Å². The number of aldehydes is 1. The molecule has 0 unspecified atom stereocenters. The highest BCUT2D eigenvalue weighted by Gasteiger charge is 2.24. The van der Waals surface area contributed by atoms with E-state index in [1.807, 2.05) is 18.2 Å². The van der Waals surface area contributed by atoms with Crippen molar-refractivity contribution >= 4 is 28.1 Å². The van der Waals surface area contributed by atoms with Gasteiger partial charge >= 0.3 is 0 Å². The summed E-state index contributed by atoms with van der Waals surface area (Å²) in [6, 6.07) is 18.8. The van der Waals surface area contributed by atoms with E-state index in [1.165, 1.54) is 22.1 Å². The molecule has 0 spiro atoms. The number of para-hydroxylation sites is 1. The van der Waals surface area contributed by atoms with Crippen molar-refractivity contribution in [1.82, 2.24) is 4.98 Å². The van der Waals surface area contributed by atoms with Crippen LogP contribution in [0.1, 0.15) is 21.5 Å². The van der Waals surface area contributed by atoms with Crippen molar-refractivity contribution in [3.63, 3.8) is 0 Å². The lowest BCUT2D eigenvalue weighted by atomic mass is 9.97. The fourth-order valence-corrected chi connectivity index (χ4v) is 3.77. The van der Waals surface area contributed by atoms with E-state index >= 15 is 0 Å². The molecule has 5 rings (SSSR count). The molecule has 0 saturated heterocycles. The van der Waals surface area contributed by atoms with Gasteiger partial charge in [0.1, 0.15) is 0 Å². The molecule has 2 heteroatoms. The van der Waals surface area contributed by atoms with Gasteiger partial charge in [-0.1, -0.05) is 42.5 Å². The molecular weight excluding hydrogens is 270 g/mol. The number of aromatic amines is 1. The number of nitrogens with one attached hydrogen (secondary N) is 1. The van der Waals surface area contributed by atoms with Crippen LogP contribution < -0.4 is 0 Å². The zero-order chi connectivity index (χ0) is 14.7. The van der Waals surface area contributed by atoms with Crippen molar-refractivity contribution in [3.8, 4) is 11.1 Å². The first-order valence-electron chi connectivity index (χ1n) is 7.46. The molecule has 1 aromatic heterocycles. The Bertz CT molecular complexity index is 1070. The van der Waals surface area contributed by atoms with Gasteiger partial charge in [0, 0.05) is 21.9 Å². The Hall–Kier alpha value is -2.87. The first-order valence-corrected chi connectivity index (χ1v) is 7.46. The summed E-state index contributed by atoms with van der Waals surface area (Å²) in [6.45, 7) is 0. The summed E-state index contributed by atoms with van der Waals surface area (Å²) < 4.78 is 0. The third-order valence-electron chi connectivity index (χ3n) is 4.71. The minimum Gasteiger partial charge on any atom is -0.354 e. The van der Waals surface area contributed by atoms with Crippen LogP contribution in [0.2, 0.25) is 0 Å². The van der Waals surface area contributed by atoms with Crippen LogP contribution in [0.3, 0.4) is 0 Å². The highest BCUT2D eigenvalue weighted by Crippen LogP contribution is 2.42. The zero-order valence-electron chi connectivity index (χ0n) is 11.9. The molecule has 2 nitrogen and oxygen atoms in total. The van der Waals surface area contributed by atoms with Crippen molar-refractivity contribution in [3.05, 3.63) is 71.3 Å². The number of aromatic nitrogens is 1. The summed E-state index contributed by atoms with van der Waals surface area (Å²) in [4.78, 5) is 15.3. The van der Waals surface area contributed by atoms with Crippen molar-refractivity contribution < 1.29 is 4.79 Å². The third-order valence-corrected chi connectivity index (χ3v) is 4.71. The molecule has 0 amide bonds. The molecule has 0 saturated carbocycles. The van der Waals surface area contributed by atoms with Gasteiger partial charge in [0.2, 0.25) is 0 Å². The fraction of sp³-hybridized carbons (Fsp3) is 0.0500. The number of carbonyl (C=O) groups is 1. The second kappa shape index (κ2) is 4.08. The molecule has 1 N–H and O–H groups in total. The van der Waals surface area contributed by atoms with Gasteiger partial charge in [-0.2, -0.15) is 0 Å². The summed E-state index contributed by atoms with van der Waals surface area (Å²) in [5.41, 5.74) is 7.67. The van der Waals surface area contributed by atoms with E-state index in [0.717, 1.165) is 40.3 Å². The van der Waals surface area contributed by atoms with Gasteiger partial charge in [-0.05, 0) is 40.8 Å². The number of H-pyrrole nitrogens is 1. The number of rotatable bonds is 1. The molecule has 1 heterocycles. The predicted molar refractivity (Wildman–Crippen MR) is 89.4 cm³/mol. The van der Waals surface area contributed by atoms with Gasteiger partial charge in [0.05, 0.1) is 5.52 Å². The van der Waals surface area contributed by atoms with Gasteiger partial charge in [0.25, 0.3) is 0 Å². The molecule has 4 aromatic rings. The molecule has 0 atom stereocenters. The SMILES string of the molecule is O=Cc1c2c(cc3c1[nH]c1ccccc13)Cc1ccccc1-2. The van der Waals surface area contributed by atoms with E-state index in [4.69, 9.17) is 0 Å². The van der Waals surface area contributed by atoms with Crippen molar-refractivity contribution in [2.24, 2.45) is 0 Å². The summed E-state index contributed by atoms with van der Waals surface area (Å²) in [7, 11) is 0. The van der Waals surface area contributed by atoms with Crippen LogP contribution in [0.4, 0.5) is 0 Å². The van der Waals surface area contributed by atoms with E-state index in [0.29, 0.717) is 0 Å². The van der Waals surface area contributed by atoms with Gasteiger partial charge in [-0.25, -0.2) is 0 Å². The standard InChI is InChI=1S/C20H13NO/c22-11-17-19-13(9-12-5-1-2-6-14(12)19)10-16-15-7-3-4-8-18(15)21-20(16)17/h1-8,10-11,21H,9H2. The smallest absolute Gasteiger partial charge is 0.152 e. The molecule has 1 aliphatic carbocycles. The van der Waals surface area contributed by atoms with E-state index in [1.54, 1.807) is 0 Å². The lowest BCUT2D eigenvalue weighted by Gasteiger charge is -2.06. The van der Waals surface area contributed by atoms with Crippen LogP contribution in [0.5, 0.6) is 0 Å². The Kier molecular flexibility index (Phi) is 2.18. The lowest BCUT2D eigenvalue weighted by molar-refractivity contribution is 0.112. The van der Waals surface area contributed by atoms with Crippen molar-refractivity contribution in [2.45, 2.75) is 6.42 Å². The maximum Gasteiger partial charge on any atom is 0.152 e. The van der Waals surface area contributed by atoms with Crippen molar-refractivity contribution in [1.29, 1.82) is 0 Å². The van der Waals surface area contributed by atoms with Crippen LogP contribution >= 0.6 is 0 Å². The van der Waals surface area contributed by atoms with Crippen LogP contribution in [-0.4, -0.2) is 11.3 Å². The zero-order valence-corrected chi connectivity index (χ0v) is 11.9. The maximum absolute atomic E-state index is 11.8. The quantitative estimate of drug-likeness (QED) is 0.444. The molecule has 0 aliphatic heterocycles. The summed E-state index contributed by atoms with van der Waals surface area (Å²) in [6.07, 6.45) is 1.90. The summed E-state index contributed by atoms with van der Waals surface area (Å²) in [5.74, 6) is 0. The van der Waals surface area contributed by atoms with Crippen LogP contribution in [0, 0.1) is 0 Å². The first-order chi connectivity index (χ1) is 10.9. The molecule has 104 valence electrons. The monoisotopic (exact) mass is 283 g/mol. The van der Waals surface area contributed by atoms with Crippen molar-refractivity contribution in [2.75, 3.05) is 0 Å². The topological polar surface area (TPSA) is 32.9 Å². The second-order valence-corrected chi connectivity index (χ2v) is 5.87. The lowest BCUT2D eigenvalue weighted by Crippen LogP contribution is -1.91. The number of hydrogen-bond donors (Lipinski definition) is 1. The molecule has 0 bridgehead atoms. The van der Waals surface area contributed by atoms with E-state index in [-0.39, 0.29) is 0 Å². The average Bonchev–Trinajstić information content (AvgIpc) is 3.11. The maximum atomic E-state index is 11.8. The Balaban J connectivity index is 1.98. The van der Waals surface area contributed by atoms with Crippen LogP contribution in [0.25, 0.3) is 32.9 Å². The van der Waals surface area contributed by atoms with Gasteiger partial charge in [-0.3, -0.25) is 4.79 Å². The van der Waals surface area contributed by atoms with Gasteiger partial charge in [0.15, 0.2) is 6.29 Å². The Morgan fingerprint density at radius 3 is 2.64 bits per heavy atom. The number of benzene rings is 3. The molecule has 0 fully saturated rings. The van der Waals surface area contributed by atoms with E-state index in [9.17, 15) is 4.79 Å². The first kappa shape index (κ1) is 11.8. The highest BCUT2D eigenvalue weighted by molar-refractivity contribution is 6.15. The van der Waals surface area contributed by atoms with Crippen LogP contribution in [-0.2, 0) is 6.42 Å². The third kappa shape index (κ3) is 1.37. The number of carbonyl (C=O) groups excluding carboxylic acids is 1. The minimum absolute atomic E-state index is 0.786. The molecule has 1 aliphatic rings. The molecule has 3 aromatic carbocycles. The number of fused-ring (bicyclic) bond motifs is 6.